The van der Waals surface area contributed by atoms with Gasteiger partial charge in [-0.25, -0.2) is 0 Å². The first kappa shape index (κ1) is 10.6. The van der Waals surface area contributed by atoms with Crippen LogP contribution in [0.3, 0.4) is 0 Å². The second-order valence-electron chi connectivity index (χ2n) is 4.91. The van der Waals surface area contributed by atoms with E-state index in [0.29, 0.717) is 11.5 Å². The summed E-state index contributed by atoms with van der Waals surface area (Å²) in [6, 6.07) is 0.570. The summed E-state index contributed by atoms with van der Waals surface area (Å²) in [5.41, 5.74) is 2.52. The molecular weight excluding hydrogens is 186 g/mol. The SMILES string of the molecule is Cc1cnc(CNC(C)C2(C)CC2)cn1. The topological polar surface area (TPSA) is 37.8 Å². The first-order valence-corrected chi connectivity index (χ1v) is 5.61. The molecule has 15 heavy (non-hydrogen) atoms. The Labute approximate surface area is 91.3 Å². The fourth-order valence-electron chi connectivity index (χ4n) is 1.64. The molecule has 3 heteroatoms. The van der Waals surface area contributed by atoms with E-state index in [1.165, 1.54) is 12.8 Å². The standard InChI is InChI=1S/C12H19N3/c1-9-6-15-11(7-13-9)8-14-10(2)12(3)4-5-12/h6-7,10,14H,4-5,8H2,1-3H3. The third-order valence-corrected chi connectivity index (χ3v) is 3.51. The molecule has 1 aliphatic carbocycles. The smallest absolute Gasteiger partial charge is 0.0724 e. The monoisotopic (exact) mass is 205 g/mol. The molecular formula is C12H19N3. The minimum absolute atomic E-state index is 0.526. The number of nitrogens with zero attached hydrogens (tertiary/aromatic N) is 2. The van der Waals surface area contributed by atoms with Gasteiger partial charge in [0.1, 0.15) is 0 Å². The molecule has 1 aromatic rings. The largest absolute Gasteiger partial charge is 0.308 e. The van der Waals surface area contributed by atoms with E-state index in [0.717, 1.165) is 17.9 Å². The maximum absolute atomic E-state index is 4.33. The first-order chi connectivity index (χ1) is 7.10. The van der Waals surface area contributed by atoms with Crippen molar-refractivity contribution in [2.24, 2.45) is 5.41 Å². The Hall–Kier alpha value is -0.960. The molecule has 1 aromatic heterocycles. The van der Waals surface area contributed by atoms with Crippen LogP contribution in [0, 0.1) is 12.3 Å². The number of aryl methyl sites for hydroxylation is 1. The summed E-state index contributed by atoms with van der Waals surface area (Å²) in [5, 5.41) is 3.52. The van der Waals surface area contributed by atoms with Crippen LogP contribution in [0.5, 0.6) is 0 Å². The lowest BCUT2D eigenvalue weighted by atomic mass is 10.0. The zero-order chi connectivity index (χ0) is 10.9. The van der Waals surface area contributed by atoms with Gasteiger partial charge in [-0.15, -0.1) is 0 Å². The fourth-order valence-corrected chi connectivity index (χ4v) is 1.64. The molecule has 1 aliphatic rings. The van der Waals surface area contributed by atoms with Crippen molar-refractivity contribution >= 4 is 0 Å². The summed E-state index contributed by atoms with van der Waals surface area (Å²) in [6.45, 7) is 7.38. The van der Waals surface area contributed by atoms with Crippen molar-refractivity contribution in [3.63, 3.8) is 0 Å². The van der Waals surface area contributed by atoms with E-state index in [1.807, 2.05) is 19.3 Å². The Morgan fingerprint density at radius 3 is 2.67 bits per heavy atom. The predicted molar refractivity (Wildman–Crippen MR) is 60.4 cm³/mol. The number of aromatic nitrogens is 2. The molecule has 1 heterocycles. The van der Waals surface area contributed by atoms with Gasteiger partial charge in [-0.2, -0.15) is 0 Å². The summed E-state index contributed by atoms with van der Waals surface area (Å²) in [4.78, 5) is 8.56. The molecule has 2 rings (SSSR count). The number of rotatable bonds is 4. The summed E-state index contributed by atoms with van der Waals surface area (Å²) in [7, 11) is 0. The Balaban J connectivity index is 1.85. The van der Waals surface area contributed by atoms with Gasteiger partial charge in [0.25, 0.3) is 0 Å². The summed E-state index contributed by atoms with van der Waals surface area (Å²) < 4.78 is 0. The Morgan fingerprint density at radius 1 is 1.40 bits per heavy atom. The molecule has 1 fully saturated rings. The van der Waals surface area contributed by atoms with E-state index in [4.69, 9.17) is 0 Å². The van der Waals surface area contributed by atoms with Crippen LogP contribution in [0.25, 0.3) is 0 Å². The van der Waals surface area contributed by atoms with Crippen LogP contribution >= 0.6 is 0 Å². The quantitative estimate of drug-likeness (QED) is 0.817. The van der Waals surface area contributed by atoms with Crippen LogP contribution in [-0.4, -0.2) is 16.0 Å². The van der Waals surface area contributed by atoms with Gasteiger partial charge in [0, 0.05) is 25.0 Å². The summed E-state index contributed by atoms with van der Waals surface area (Å²) in [6.07, 6.45) is 6.37. The summed E-state index contributed by atoms with van der Waals surface area (Å²) >= 11 is 0. The number of hydrogen-bond acceptors (Lipinski definition) is 3. The molecule has 3 nitrogen and oxygen atoms in total. The Bertz CT molecular complexity index is 327. The summed E-state index contributed by atoms with van der Waals surface area (Å²) in [5.74, 6) is 0. The van der Waals surface area contributed by atoms with Crippen molar-refractivity contribution in [2.45, 2.75) is 46.2 Å². The molecule has 1 unspecified atom stereocenters. The average Bonchev–Trinajstić information content (AvgIpc) is 2.97. The van der Waals surface area contributed by atoms with E-state index in [9.17, 15) is 0 Å². The molecule has 1 N–H and O–H groups in total. The molecule has 1 atom stereocenters. The van der Waals surface area contributed by atoms with Gasteiger partial charge in [0.15, 0.2) is 0 Å². The van der Waals surface area contributed by atoms with Crippen LogP contribution in [0.4, 0.5) is 0 Å². The van der Waals surface area contributed by atoms with E-state index in [1.54, 1.807) is 0 Å². The van der Waals surface area contributed by atoms with Crippen LogP contribution in [0.1, 0.15) is 38.1 Å². The predicted octanol–water partition coefficient (Wildman–Crippen LogP) is 2.06. The third-order valence-electron chi connectivity index (χ3n) is 3.51. The zero-order valence-corrected chi connectivity index (χ0v) is 9.75. The highest BCUT2D eigenvalue weighted by Gasteiger charge is 2.42. The molecule has 0 aromatic carbocycles. The van der Waals surface area contributed by atoms with Crippen molar-refractivity contribution in [3.05, 3.63) is 23.8 Å². The van der Waals surface area contributed by atoms with Crippen LogP contribution in [0.15, 0.2) is 12.4 Å². The molecule has 0 spiro atoms. The lowest BCUT2D eigenvalue weighted by molar-refractivity contribution is 0.378. The molecule has 0 radical (unpaired) electrons. The second kappa shape index (κ2) is 3.89. The lowest BCUT2D eigenvalue weighted by Crippen LogP contribution is -2.33. The van der Waals surface area contributed by atoms with E-state index in [-0.39, 0.29) is 0 Å². The average molecular weight is 205 g/mol. The minimum atomic E-state index is 0.526. The van der Waals surface area contributed by atoms with Crippen LogP contribution in [0.2, 0.25) is 0 Å². The Morgan fingerprint density at radius 2 is 2.13 bits per heavy atom. The third kappa shape index (κ3) is 2.53. The number of nitrogens with one attached hydrogen (secondary N) is 1. The highest BCUT2D eigenvalue weighted by atomic mass is 15.0. The van der Waals surface area contributed by atoms with Gasteiger partial charge >= 0.3 is 0 Å². The molecule has 0 aliphatic heterocycles. The fraction of sp³-hybridized carbons (Fsp3) is 0.667. The van der Waals surface area contributed by atoms with Gasteiger partial charge in [0.2, 0.25) is 0 Å². The molecule has 0 amide bonds. The van der Waals surface area contributed by atoms with E-state index in [2.05, 4.69) is 29.1 Å². The van der Waals surface area contributed by atoms with Gasteiger partial charge in [-0.3, -0.25) is 9.97 Å². The van der Waals surface area contributed by atoms with Gasteiger partial charge in [-0.05, 0) is 32.1 Å². The molecule has 1 saturated carbocycles. The van der Waals surface area contributed by atoms with Crippen LogP contribution < -0.4 is 5.32 Å². The van der Waals surface area contributed by atoms with Crippen molar-refractivity contribution in [1.82, 2.24) is 15.3 Å². The Kier molecular flexibility index (Phi) is 2.74. The van der Waals surface area contributed by atoms with Gasteiger partial charge < -0.3 is 5.32 Å². The molecule has 0 saturated heterocycles. The highest BCUT2D eigenvalue weighted by molar-refractivity contribution is 5.02. The van der Waals surface area contributed by atoms with Gasteiger partial charge in [0.05, 0.1) is 11.4 Å². The zero-order valence-electron chi connectivity index (χ0n) is 9.75. The lowest BCUT2D eigenvalue weighted by Gasteiger charge is -2.19. The van der Waals surface area contributed by atoms with Crippen LogP contribution in [-0.2, 0) is 6.54 Å². The van der Waals surface area contributed by atoms with E-state index < -0.39 is 0 Å². The molecule has 0 bridgehead atoms. The first-order valence-electron chi connectivity index (χ1n) is 5.61. The van der Waals surface area contributed by atoms with E-state index >= 15 is 0 Å². The van der Waals surface area contributed by atoms with Gasteiger partial charge in [-0.1, -0.05) is 6.92 Å². The van der Waals surface area contributed by atoms with Crippen molar-refractivity contribution in [3.8, 4) is 0 Å². The molecule has 82 valence electrons. The number of hydrogen-bond donors (Lipinski definition) is 1. The van der Waals surface area contributed by atoms with Crippen molar-refractivity contribution < 1.29 is 0 Å². The van der Waals surface area contributed by atoms with Crippen molar-refractivity contribution in [1.29, 1.82) is 0 Å². The van der Waals surface area contributed by atoms with Crippen molar-refractivity contribution in [2.75, 3.05) is 0 Å². The second-order valence-corrected chi connectivity index (χ2v) is 4.91. The highest BCUT2D eigenvalue weighted by Crippen LogP contribution is 2.47. The minimum Gasteiger partial charge on any atom is -0.308 e. The normalized spacial score (nSPS) is 19.9. The maximum atomic E-state index is 4.33. The maximum Gasteiger partial charge on any atom is 0.0724 e.